The minimum atomic E-state index is -0.896. The van der Waals surface area contributed by atoms with Gasteiger partial charge in [0, 0.05) is 13.1 Å². The molecule has 2 rings (SSSR count). The highest BCUT2D eigenvalue weighted by atomic mass is 19.1. The standard InChI is InChI=1S/C15H19FN2O3/c1-2-6-15(14(20)21)7-8-18(9-15)13(19)10-4-3-5-11(16)12(10)17/h3-5H,2,6-9,17H2,1H3,(H,20,21). The number of carbonyl (C=O) groups is 2. The van der Waals surface area contributed by atoms with Crippen LogP contribution in [0.25, 0.3) is 0 Å². The molecule has 1 amide bonds. The SMILES string of the molecule is CCCC1(C(=O)O)CCN(C(=O)c2cccc(F)c2N)C1. The lowest BCUT2D eigenvalue weighted by Crippen LogP contribution is -2.37. The van der Waals surface area contributed by atoms with Crippen LogP contribution in [0, 0.1) is 11.2 Å². The summed E-state index contributed by atoms with van der Waals surface area (Å²) in [5, 5.41) is 9.44. The van der Waals surface area contributed by atoms with Gasteiger partial charge in [-0.05, 0) is 25.0 Å². The summed E-state index contributed by atoms with van der Waals surface area (Å²) in [6, 6.07) is 4.07. The van der Waals surface area contributed by atoms with E-state index in [1.165, 1.54) is 23.1 Å². The molecule has 1 aromatic rings. The number of carbonyl (C=O) groups excluding carboxylic acids is 1. The fraction of sp³-hybridized carbons (Fsp3) is 0.467. The average Bonchev–Trinajstić information content (AvgIpc) is 2.87. The molecule has 1 aromatic carbocycles. The number of likely N-dealkylation sites (tertiary alicyclic amines) is 1. The van der Waals surface area contributed by atoms with E-state index in [1.807, 2.05) is 6.92 Å². The van der Waals surface area contributed by atoms with Gasteiger partial charge in [0.15, 0.2) is 0 Å². The van der Waals surface area contributed by atoms with Gasteiger partial charge in [0.05, 0.1) is 16.7 Å². The van der Waals surface area contributed by atoms with Crippen LogP contribution in [0.5, 0.6) is 0 Å². The number of rotatable bonds is 4. The Hall–Kier alpha value is -2.11. The quantitative estimate of drug-likeness (QED) is 0.833. The Morgan fingerprint density at radius 3 is 2.81 bits per heavy atom. The zero-order valence-corrected chi connectivity index (χ0v) is 11.9. The molecule has 1 unspecified atom stereocenters. The molecular weight excluding hydrogens is 275 g/mol. The van der Waals surface area contributed by atoms with Gasteiger partial charge < -0.3 is 15.7 Å². The normalized spacial score (nSPS) is 21.5. The first-order chi connectivity index (χ1) is 9.91. The van der Waals surface area contributed by atoms with E-state index in [0.717, 1.165) is 6.42 Å². The van der Waals surface area contributed by atoms with E-state index >= 15 is 0 Å². The van der Waals surface area contributed by atoms with E-state index in [1.54, 1.807) is 0 Å². The number of nitrogen functional groups attached to an aromatic ring is 1. The first kappa shape index (κ1) is 15.3. The number of hydrogen-bond acceptors (Lipinski definition) is 3. The van der Waals surface area contributed by atoms with Gasteiger partial charge in [0.25, 0.3) is 5.91 Å². The summed E-state index contributed by atoms with van der Waals surface area (Å²) in [6.45, 7) is 2.41. The molecule has 0 aliphatic carbocycles. The van der Waals surface area contributed by atoms with E-state index < -0.39 is 23.1 Å². The molecule has 6 heteroatoms. The number of benzene rings is 1. The summed E-state index contributed by atoms with van der Waals surface area (Å²) >= 11 is 0. The number of nitrogens with two attached hydrogens (primary N) is 1. The van der Waals surface area contributed by atoms with Gasteiger partial charge in [0.1, 0.15) is 5.82 Å². The molecule has 3 N–H and O–H groups in total. The van der Waals surface area contributed by atoms with Crippen LogP contribution >= 0.6 is 0 Å². The van der Waals surface area contributed by atoms with E-state index in [9.17, 15) is 19.1 Å². The molecular formula is C15H19FN2O3. The first-order valence-electron chi connectivity index (χ1n) is 6.98. The smallest absolute Gasteiger partial charge is 0.311 e. The van der Waals surface area contributed by atoms with Crippen molar-refractivity contribution in [2.45, 2.75) is 26.2 Å². The fourth-order valence-corrected chi connectivity index (χ4v) is 2.90. The number of anilines is 1. The average molecular weight is 294 g/mol. The largest absolute Gasteiger partial charge is 0.481 e. The highest BCUT2D eigenvalue weighted by Crippen LogP contribution is 2.36. The van der Waals surface area contributed by atoms with Crippen molar-refractivity contribution in [3.8, 4) is 0 Å². The second-order valence-corrected chi connectivity index (χ2v) is 5.51. The van der Waals surface area contributed by atoms with Crippen molar-refractivity contribution in [3.05, 3.63) is 29.6 Å². The predicted octanol–water partition coefficient (Wildman–Crippen LogP) is 2.12. The lowest BCUT2D eigenvalue weighted by molar-refractivity contribution is -0.148. The van der Waals surface area contributed by atoms with Gasteiger partial charge in [0.2, 0.25) is 0 Å². The molecule has 1 atom stereocenters. The molecule has 0 saturated carbocycles. The first-order valence-corrected chi connectivity index (χ1v) is 6.98. The van der Waals surface area contributed by atoms with Gasteiger partial charge in [-0.3, -0.25) is 9.59 Å². The van der Waals surface area contributed by atoms with Crippen molar-refractivity contribution in [2.75, 3.05) is 18.8 Å². The maximum Gasteiger partial charge on any atom is 0.311 e. The van der Waals surface area contributed by atoms with Crippen molar-refractivity contribution in [3.63, 3.8) is 0 Å². The number of para-hydroxylation sites is 1. The number of halogens is 1. The summed E-state index contributed by atoms with van der Waals surface area (Å²) < 4.78 is 13.4. The van der Waals surface area contributed by atoms with Crippen LogP contribution in [-0.4, -0.2) is 35.0 Å². The Kier molecular flexibility index (Phi) is 4.16. The number of amides is 1. The maximum atomic E-state index is 13.4. The minimum Gasteiger partial charge on any atom is -0.481 e. The Morgan fingerprint density at radius 2 is 2.19 bits per heavy atom. The lowest BCUT2D eigenvalue weighted by atomic mass is 9.83. The van der Waals surface area contributed by atoms with Crippen LogP contribution in [0.4, 0.5) is 10.1 Å². The fourth-order valence-electron chi connectivity index (χ4n) is 2.90. The van der Waals surface area contributed by atoms with Crippen LogP contribution in [0.3, 0.4) is 0 Å². The monoisotopic (exact) mass is 294 g/mol. The van der Waals surface area contributed by atoms with Crippen molar-refractivity contribution in [1.82, 2.24) is 4.90 Å². The summed E-state index contributed by atoms with van der Waals surface area (Å²) in [4.78, 5) is 25.4. The summed E-state index contributed by atoms with van der Waals surface area (Å²) in [6.07, 6.45) is 1.66. The number of hydrogen-bond donors (Lipinski definition) is 2. The Labute approximate surface area is 122 Å². The summed E-state index contributed by atoms with van der Waals surface area (Å²) in [5.74, 6) is -1.93. The van der Waals surface area contributed by atoms with Crippen molar-refractivity contribution in [2.24, 2.45) is 5.41 Å². The predicted molar refractivity (Wildman–Crippen MR) is 76.3 cm³/mol. The van der Waals surface area contributed by atoms with E-state index in [2.05, 4.69) is 0 Å². The third kappa shape index (κ3) is 2.70. The minimum absolute atomic E-state index is 0.0905. The van der Waals surface area contributed by atoms with Crippen molar-refractivity contribution < 1.29 is 19.1 Å². The highest BCUT2D eigenvalue weighted by Gasteiger charge is 2.45. The molecule has 0 radical (unpaired) electrons. The molecule has 1 fully saturated rings. The van der Waals surface area contributed by atoms with Crippen LogP contribution < -0.4 is 5.73 Å². The molecule has 0 bridgehead atoms. The third-order valence-corrected chi connectivity index (χ3v) is 4.11. The lowest BCUT2D eigenvalue weighted by Gasteiger charge is -2.24. The number of nitrogens with zero attached hydrogens (tertiary/aromatic N) is 1. The third-order valence-electron chi connectivity index (χ3n) is 4.11. The van der Waals surface area contributed by atoms with Crippen LogP contribution in [0.15, 0.2) is 18.2 Å². The van der Waals surface area contributed by atoms with Gasteiger partial charge in [-0.1, -0.05) is 19.4 Å². The molecule has 1 heterocycles. The van der Waals surface area contributed by atoms with Gasteiger partial charge in [-0.2, -0.15) is 0 Å². The number of carboxylic acids is 1. The Bertz CT molecular complexity index is 576. The molecule has 114 valence electrons. The second-order valence-electron chi connectivity index (χ2n) is 5.51. The second kappa shape index (κ2) is 5.71. The summed E-state index contributed by atoms with van der Waals surface area (Å²) in [7, 11) is 0. The number of aliphatic carboxylic acids is 1. The molecule has 1 saturated heterocycles. The van der Waals surface area contributed by atoms with Gasteiger partial charge in [-0.25, -0.2) is 4.39 Å². The van der Waals surface area contributed by atoms with Crippen molar-refractivity contribution in [1.29, 1.82) is 0 Å². The molecule has 0 aromatic heterocycles. The molecule has 1 aliphatic heterocycles. The zero-order chi connectivity index (χ0) is 15.6. The zero-order valence-electron chi connectivity index (χ0n) is 11.9. The van der Waals surface area contributed by atoms with Crippen molar-refractivity contribution >= 4 is 17.6 Å². The van der Waals surface area contributed by atoms with Crippen LogP contribution in [0.1, 0.15) is 36.5 Å². The summed E-state index contributed by atoms with van der Waals surface area (Å²) in [5.41, 5.74) is 4.60. The van der Waals surface area contributed by atoms with E-state index in [-0.39, 0.29) is 17.8 Å². The van der Waals surface area contributed by atoms with Gasteiger partial charge in [-0.15, -0.1) is 0 Å². The highest BCUT2D eigenvalue weighted by molar-refractivity contribution is 5.99. The molecule has 5 nitrogen and oxygen atoms in total. The van der Waals surface area contributed by atoms with Crippen LogP contribution in [-0.2, 0) is 4.79 Å². The van der Waals surface area contributed by atoms with E-state index in [0.29, 0.717) is 19.4 Å². The molecule has 0 spiro atoms. The topological polar surface area (TPSA) is 83.6 Å². The van der Waals surface area contributed by atoms with Crippen LogP contribution in [0.2, 0.25) is 0 Å². The molecule has 21 heavy (non-hydrogen) atoms. The van der Waals surface area contributed by atoms with Gasteiger partial charge >= 0.3 is 5.97 Å². The van der Waals surface area contributed by atoms with E-state index in [4.69, 9.17) is 5.73 Å². The molecule has 1 aliphatic rings. The number of carboxylic acid groups (broad SMARTS) is 1. The Morgan fingerprint density at radius 1 is 1.48 bits per heavy atom. The maximum absolute atomic E-state index is 13.4. The Balaban J connectivity index is 2.23.